The minimum atomic E-state index is -0.0441. The number of rotatable bonds is 2. The lowest BCUT2D eigenvalue weighted by Gasteiger charge is -1.99. The van der Waals surface area contributed by atoms with Gasteiger partial charge in [0, 0.05) is 15.6 Å². The van der Waals surface area contributed by atoms with Crippen LogP contribution < -0.4 is 0 Å². The maximum absolute atomic E-state index is 11.9. The molecule has 0 N–H and O–H groups in total. The Morgan fingerprint density at radius 1 is 1.00 bits per heavy atom. The molecule has 0 aliphatic carbocycles. The highest BCUT2D eigenvalue weighted by molar-refractivity contribution is 9.10. The molecule has 0 aliphatic rings. The lowest BCUT2D eigenvalue weighted by molar-refractivity contribution is 0.103. The monoisotopic (exact) mass is 262 g/mol. The van der Waals surface area contributed by atoms with E-state index in [1.807, 2.05) is 12.1 Å². The molecule has 1 aromatic heterocycles. The Bertz CT molecular complexity index is 468. The average molecular weight is 263 g/mol. The van der Waals surface area contributed by atoms with E-state index in [4.69, 9.17) is 0 Å². The van der Waals surface area contributed by atoms with E-state index in [0.717, 1.165) is 4.47 Å². The Balaban J connectivity index is 2.33. The van der Waals surface area contributed by atoms with E-state index < -0.39 is 0 Å². The Labute approximate surface area is 95.3 Å². The molecule has 2 aromatic rings. The summed E-state index contributed by atoms with van der Waals surface area (Å²) in [7, 11) is 0. The summed E-state index contributed by atoms with van der Waals surface area (Å²) in [5.74, 6) is -0.0441. The van der Waals surface area contributed by atoms with Gasteiger partial charge in [-0.25, -0.2) is 0 Å². The third-order valence-electron chi connectivity index (χ3n) is 1.95. The summed E-state index contributed by atoms with van der Waals surface area (Å²) >= 11 is 3.32. The molecule has 0 saturated carbocycles. The first-order valence-electron chi connectivity index (χ1n) is 4.34. The van der Waals surface area contributed by atoms with Crippen LogP contribution in [0.5, 0.6) is 0 Å². The first-order chi connectivity index (χ1) is 7.27. The zero-order valence-electron chi connectivity index (χ0n) is 7.72. The van der Waals surface area contributed by atoms with Gasteiger partial charge < -0.3 is 0 Å². The maximum atomic E-state index is 11.9. The summed E-state index contributed by atoms with van der Waals surface area (Å²) in [4.78, 5) is 11.9. The van der Waals surface area contributed by atoms with Gasteiger partial charge in [-0.1, -0.05) is 15.9 Å². The van der Waals surface area contributed by atoms with Crippen LogP contribution in [0.25, 0.3) is 0 Å². The lowest BCUT2D eigenvalue weighted by Crippen LogP contribution is -2.01. The van der Waals surface area contributed by atoms with Crippen molar-refractivity contribution in [2.75, 3.05) is 0 Å². The number of nitrogens with zero attached hydrogens (tertiary/aromatic N) is 2. The van der Waals surface area contributed by atoms with Crippen LogP contribution in [0.3, 0.4) is 0 Å². The minimum absolute atomic E-state index is 0.0441. The number of benzene rings is 1. The second kappa shape index (κ2) is 4.31. The highest BCUT2D eigenvalue weighted by Gasteiger charge is 2.08. The Morgan fingerprint density at radius 2 is 1.73 bits per heavy atom. The topological polar surface area (TPSA) is 42.9 Å². The quantitative estimate of drug-likeness (QED) is 0.781. The van der Waals surface area contributed by atoms with Crippen LogP contribution >= 0.6 is 15.9 Å². The van der Waals surface area contributed by atoms with Crippen LogP contribution in [0.4, 0.5) is 0 Å². The third-order valence-corrected chi connectivity index (χ3v) is 2.48. The van der Waals surface area contributed by atoms with Gasteiger partial charge in [0.05, 0.1) is 12.4 Å². The number of hydrogen-bond donors (Lipinski definition) is 0. The molecule has 0 radical (unpaired) electrons. The molecule has 0 fully saturated rings. The average Bonchev–Trinajstić information content (AvgIpc) is 2.30. The van der Waals surface area contributed by atoms with Gasteiger partial charge in [0.25, 0.3) is 0 Å². The van der Waals surface area contributed by atoms with Crippen LogP contribution in [0.1, 0.15) is 15.9 Å². The molecule has 0 amide bonds. The minimum Gasteiger partial charge on any atom is -0.289 e. The van der Waals surface area contributed by atoms with Gasteiger partial charge in [-0.05, 0) is 30.3 Å². The number of aromatic nitrogens is 2. The van der Waals surface area contributed by atoms with Gasteiger partial charge in [0.1, 0.15) is 0 Å². The molecule has 0 bridgehead atoms. The number of ketones is 1. The molecule has 74 valence electrons. The molecule has 0 saturated heterocycles. The SMILES string of the molecule is O=C(c1ccc(Br)cc1)c1ccnnc1. The highest BCUT2D eigenvalue weighted by Crippen LogP contribution is 2.13. The van der Waals surface area contributed by atoms with Crippen LogP contribution in [0.2, 0.25) is 0 Å². The standard InChI is InChI=1S/C11H7BrN2O/c12-10-3-1-8(2-4-10)11(15)9-5-6-13-14-7-9/h1-7H. The molecule has 0 unspecified atom stereocenters. The fourth-order valence-corrected chi connectivity index (χ4v) is 1.46. The smallest absolute Gasteiger partial charge is 0.194 e. The van der Waals surface area contributed by atoms with Crippen molar-refractivity contribution in [2.24, 2.45) is 0 Å². The number of halogens is 1. The summed E-state index contributed by atoms with van der Waals surface area (Å²) in [5, 5.41) is 7.29. The summed E-state index contributed by atoms with van der Waals surface area (Å²) in [6.45, 7) is 0. The lowest BCUT2D eigenvalue weighted by atomic mass is 10.1. The summed E-state index contributed by atoms with van der Waals surface area (Å²) in [6, 6.07) is 8.86. The second-order valence-corrected chi connectivity index (χ2v) is 3.88. The first kappa shape index (κ1) is 9.98. The van der Waals surface area contributed by atoms with E-state index in [1.54, 1.807) is 18.2 Å². The maximum Gasteiger partial charge on any atom is 0.194 e. The first-order valence-corrected chi connectivity index (χ1v) is 5.13. The van der Waals surface area contributed by atoms with Crippen molar-refractivity contribution < 1.29 is 4.79 Å². The predicted octanol–water partition coefficient (Wildman–Crippen LogP) is 2.47. The van der Waals surface area contributed by atoms with Crippen molar-refractivity contribution in [2.45, 2.75) is 0 Å². The van der Waals surface area contributed by atoms with E-state index in [0.29, 0.717) is 11.1 Å². The van der Waals surface area contributed by atoms with Crippen molar-refractivity contribution in [3.05, 3.63) is 58.3 Å². The predicted molar refractivity (Wildman–Crippen MR) is 59.6 cm³/mol. The molecular formula is C11H7BrN2O. The highest BCUT2D eigenvalue weighted by atomic mass is 79.9. The van der Waals surface area contributed by atoms with Gasteiger partial charge in [-0.3, -0.25) is 4.79 Å². The zero-order chi connectivity index (χ0) is 10.7. The van der Waals surface area contributed by atoms with Crippen molar-refractivity contribution >= 4 is 21.7 Å². The Kier molecular flexibility index (Phi) is 2.87. The third kappa shape index (κ3) is 2.27. The van der Waals surface area contributed by atoms with Gasteiger partial charge in [0.15, 0.2) is 5.78 Å². The van der Waals surface area contributed by atoms with Crippen molar-refractivity contribution in [1.82, 2.24) is 10.2 Å². The van der Waals surface area contributed by atoms with E-state index in [1.165, 1.54) is 12.4 Å². The molecule has 0 aliphatic heterocycles. The van der Waals surface area contributed by atoms with Crippen molar-refractivity contribution in [3.63, 3.8) is 0 Å². The molecule has 4 heteroatoms. The van der Waals surface area contributed by atoms with Gasteiger partial charge in [-0.15, -0.1) is 0 Å². The molecular weight excluding hydrogens is 256 g/mol. The van der Waals surface area contributed by atoms with Crippen LogP contribution in [0.15, 0.2) is 47.2 Å². The molecule has 0 atom stereocenters. The molecule has 2 rings (SSSR count). The van der Waals surface area contributed by atoms with Crippen LogP contribution in [-0.4, -0.2) is 16.0 Å². The number of carbonyl (C=O) groups is 1. The Hall–Kier alpha value is -1.55. The summed E-state index contributed by atoms with van der Waals surface area (Å²) < 4.78 is 0.951. The number of hydrogen-bond acceptors (Lipinski definition) is 3. The van der Waals surface area contributed by atoms with Gasteiger partial charge in [-0.2, -0.15) is 10.2 Å². The fourth-order valence-electron chi connectivity index (χ4n) is 1.19. The van der Waals surface area contributed by atoms with Crippen LogP contribution in [-0.2, 0) is 0 Å². The molecule has 1 aromatic carbocycles. The molecule has 1 heterocycles. The van der Waals surface area contributed by atoms with Crippen molar-refractivity contribution in [3.8, 4) is 0 Å². The summed E-state index contributed by atoms with van der Waals surface area (Å²) in [6.07, 6.45) is 2.97. The van der Waals surface area contributed by atoms with Gasteiger partial charge >= 0.3 is 0 Å². The molecule has 0 spiro atoms. The zero-order valence-corrected chi connectivity index (χ0v) is 9.31. The second-order valence-electron chi connectivity index (χ2n) is 2.97. The van der Waals surface area contributed by atoms with E-state index in [-0.39, 0.29) is 5.78 Å². The van der Waals surface area contributed by atoms with Gasteiger partial charge in [0.2, 0.25) is 0 Å². The number of carbonyl (C=O) groups excluding carboxylic acids is 1. The van der Waals surface area contributed by atoms with E-state index in [9.17, 15) is 4.79 Å². The molecule has 3 nitrogen and oxygen atoms in total. The van der Waals surface area contributed by atoms with Crippen LogP contribution in [0, 0.1) is 0 Å². The largest absolute Gasteiger partial charge is 0.289 e. The molecule has 15 heavy (non-hydrogen) atoms. The van der Waals surface area contributed by atoms with Crippen molar-refractivity contribution in [1.29, 1.82) is 0 Å². The normalized spacial score (nSPS) is 9.93. The van der Waals surface area contributed by atoms with E-state index in [2.05, 4.69) is 26.1 Å². The van der Waals surface area contributed by atoms with E-state index >= 15 is 0 Å². The fraction of sp³-hybridized carbons (Fsp3) is 0. The summed E-state index contributed by atoms with van der Waals surface area (Å²) in [5.41, 5.74) is 1.19. The Morgan fingerprint density at radius 3 is 2.33 bits per heavy atom.